The summed E-state index contributed by atoms with van der Waals surface area (Å²) in [5.74, 6) is -1.32. The summed E-state index contributed by atoms with van der Waals surface area (Å²) in [7, 11) is 0. The maximum absolute atomic E-state index is 13.0. The van der Waals surface area contributed by atoms with Crippen molar-refractivity contribution in [3.8, 4) is 0 Å². The summed E-state index contributed by atoms with van der Waals surface area (Å²) in [5, 5.41) is 0. The van der Waals surface area contributed by atoms with Crippen LogP contribution in [0.5, 0.6) is 0 Å². The average Bonchev–Trinajstić information content (AvgIpc) is 2.35. The molecule has 0 aromatic heterocycles. The summed E-state index contributed by atoms with van der Waals surface area (Å²) >= 11 is 0. The van der Waals surface area contributed by atoms with Gasteiger partial charge in [0.15, 0.2) is 17.4 Å². The molecule has 0 N–H and O–H groups in total. The number of piperidine rings is 1. The van der Waals surface area contributed by atoms with Crippen LogP contribution in [0.1, 0.15) is 30.1 Å². The minimum atomic E-state index is -0.965. The van der Waals surface area contributed by atoms with Crippen molar-refractivity contribution in [1.29, 1.82) is 0 Å². The van der Waals surface area contributed by atoms with Gasteiger partial charge < -0.3 is 0 Å². The first-order chi connectivity index (χ1) is 8.56. The standard InChI is InChI=1S/C14H17F2NO/c1-10-4-6-17(7-5-10)9-14(18)11-2-3-12(15)13(16)8-11/h2-3,8,10H,4-7,9H2,1H3. The first-order valence-electron chi connectivity index (χ1n) is 6.27. The topological polar surface area (TPSA) is 20.3 Å². The van der Waals surface area contributed by atoms with Crippen molar-refractivity contribution in [2.45, 2.75) is 19.8 Å². The highest BCUT2D eigenvalue weighted by Gasteiger charge is 2.19. The Hall–Kier alpha value is -1.29. The van der Waals surface area contributed by atoms with Gasteiger partial charge in [-0.05, 0) is 50.0 Å². The summed E-state index contributed by atoms with van der Waals surface area (Å²) in [6, 6.07) is 3.32. The monoisotopic (exact) mass is 253 g/mol. The SMILES string of the molecule is CC1CCN(CC(=O)c2ccc(F)c(F)c2)CC1. The predicted octanol–water partition coefficient (Wildman–Crippen LogP) is 2.88. The van der Waals surface area contributed by atoms with Crippen molar-refractivity contribution in [3.63, 3.8) is 0 Å². The molecule has 0 amide bonds. The summed E-state index contributed by atoms with van der Waals surface area (Å²) < 4.78 is 25.8. The summed E-state index contributed by atoms with van der Waals surface area (Å²) in [6.07, 6.45) is 2.18. The van der Waals surface area contributed by atoms with E-state index in [2.05, 4.69) is 11.8 Å². The molecule has 0 atom stereocenters. The Bertz CT molecular complexity index is 439. The fraction of sp³-hybridized carbons (Fsp3) is 0.500. The zero-order chi connectivity index (χ0) is 13.1. The molecule has 0 radical (unpaired) electrons. The van der Waals surface area contributed by atoms with E-state index in [4.69, 9.17) is 0 Å². The predicted molar refractivity (Wildman–Crippen MR) is 65.5 cm³/mol. The number of halogens is 2. The van der Waals surface area contributed by atoms with Gasteiger partial charge in [-0.1, -0.05) is 6.92 Å². The lowest BCUT2D eigenvalue weighted by molar-refractivity contribution is 0.0899. The second kappa shape index (κ2) is 5.57. The second-order valence-electron chi connectivity index (χ2n) is 5.01. The molecular weight excluding hydrogens is 236 g/mol. The van der Waals surface area contributed by atoms with Crippen LogP contribution < -0.4 is 0 Å². The van der Waals surface area contributed by atoms with Crippen LogP contribution in [0.15, 0.2) is 18.2 Å². The van der Waals surface area contributed by atoms with Gasteiger partial charge in [0.25, 0.3) is 0 Å². The number of rotatable bonds is 3. The highest BCUT2D eigenvalue weighted by molar-refractivity contribution is 5.97. The number of hydrogen-bond donors (Lipinski definition) is 0. The third-order valence-corrected chi connectivity index (χ3v) is 3.49. The number of nitrogens with zero attached hydrogens (tertiary/aromatic N) is 1. The van der Waals surface area contributed by atoms with Crippen molar-refractivity contribution in [2.75, 3.05) is 19.6 Å². The van der Waals surface area contributed by atoms with Gasteiger partial charge in [-0.15, -0.1) is 0 Å². The van der Waals surface area contributed by atoms with E-state index in [1.165, 1.54) is 6.07 Å². The van der Waals surface area contributed by atoms with Gasteiger partial charge in [-0.25, -0.2) is 8.78 Å². The van der Waals surface area contributed by atoms with Gasteiger partial charge in [-0.2, -0.15) is 0 Å². The molecule has 1 aromatic rings. The Morgan fingerprint density at radius 1 is 1.28 bits per heavy atom. The van der Waals surface area contributed by atoms with Gasteiger partial charge in [0.2, 0.25) is 0 Å². The fourth-order valence-corrected chi connectivity index (χ4v) is 2.18. The highest BCUT2D eigenvalue weighted by atomic mass is 19.2. The normalized spacial score (nSPS) is 17.9. The van der Waals surface area contributed by atoms with Crippen LogP contribution >= 0.6 is 0 Å². The van der Waals surface area contributed by atoms with Gasteiger partial charge >= 0.3 is 0 Å². The van der Waals surface area contributed by atoms with Gasteiger partial charge in [-0.3, -0.25) is 9.69 Å². The third-order valence-electron chi connectivity index (χ3n) is 3.49. The van der Waals surface area contributed by atoms with Gasteiger partial charge in [0.05, 0.1) is 6.54 Å². The number of hydrogen-bond acceptors (Lipinski definition) is 2. The molecule has 0 bridgehead atoms. The number of carbonyl (C=O) groups is 1. The van der Waals surface area contributed by atoms with Crippen molar-refractivity contribution in [1.82, 2.24) is 4.90 Å². The molecule has 98 valence electrons. The van der Waals surface area contributed by atoms with Crippen LogP contribution in [-0.2, 0) is 0 Å². The molecule has 1 aliphatic rings. The lowest BCUT2D eigenvalue weighted by Gasteiger charge is -2.29. The van der Waals surface area contributed by atoms with E-state index >= 15 is 0 Å². The molecule has 0 aliphatic carbocycles. The maximum Gasteiger partial charge on any atom is 0.176 e. The Balaban J connectivity index is 1.97. The summed E-state index contributed by atoms with van der Waals surface area (Å²) in [4.78, 5) is 14.0. The first-order valence-corrected chi connectivity index (χ1v) is 6.27. The summed E-state index contributed by atoms with van der Waals surface area (Å²) in [6.45, 7) is 4.29. The number of likely N-dealkylation sites (tertiary alicyclic amines) is 1. The Labute approximate surface area is 106 Å². The minimum absolute atomic E-state index is 0.150. The van der Waals surface area contributed by atoms with Crippen molar-refractivity contribution < 1.29 is 13.6 Å². The zero-order valence-electron chi connectivity index (χ0n) is 10.5. The molecule has 1 saturated heterocycles. The Morgan fingerprint density at radius 3 is 2.56 bits per heavy atom. The lowest BCUT2D eigenvalue weighted by Crippen LogP contribution is -2.36. The molecule has 0 spiro atoms. The number of carbonyl (C=O) groups excluding carboxylic acids is 1. The molecule has 1 heterocycles. The molecule has 2 nitrogen and oxygen atoms in total. The van der Waals surface area contributed by atoms with Crippen LogP contribution in [0.2, 0.25) is 0 Å². The van der Waals surface area contributed by atoms with Crippen LogP contribution in [0, 0.1) is 17.6 Å². The Kier molecular flexibility index (Phi) is 4.07. The number of benzene rings is 1. The highest BCUT2D eigenvalue weighted by Crippen LogP contribution is 2.16. The van der Waals surface area contributed by atoms with Gasteiger partial charge in [0.1, 0.15) is 0 Å². The molecule has 4 heteroatoms. The van der Waals surface area contributed by atoms with E-state index in [9.17, 15) is 13.6 Å². The quantitative estimate of drug-likeness (QED) is 0.772. The van der Waals surface area contributed by atoms with Gasteiger partial charge in [0, 0.05) is 5.56 Å². The average molecular weight is 253 g/mol. The minimum Gasteiger partial charge on any atom is -0.296 e. The van der Waals surface area contributed by atoms with E-state index in [1.807, 2.05) is 0 Å². The van der Waals surface area contributed by atoms with Crippen molar-refractivity contribution >= 4 is 5.78 Å². The number of ketones is 1. The zero-order valence-corrected chi connectivity index (χ0v) is 10.5. The van der Waals surface area contributed by atoms with Crippen LogP contribution in [0.3, 0.4) is 0 Å². The molecule has 0 unspecified atom stereocenters. The largest absolute Gasteiger partial charge is 0.296 e. The first kappa shape index (κ1) is 13.1. The molecule has 0 saturated carbocycles. The fourth-order valence-electron chi connectivity index (χ4n) is 2.18. The molecule has 1 aromatic carbocycles. The molecular formula is C14H17F2NO. The van der Waals surface area contributed by atoms with Crippen LogP contribution in [0.4, 0.5) is 8.78 Å². The third kappa shape index (κ3) is 3.13. The lowest BCUT2D eigenvalue weighted by atomic mass is 9.99. The Morgan fingerprint density at radius 2 is 1.94 bits per heavy atom. The summed E-state index contributed by atoms with van der Waals surface area (Å²) in [5.41, 5.74) is 0.243. The molecule has 2 rings (SSSR count). The van der Waals surface area contributed by atoms with E-state index in [0.717, 1.165) is 38.1 Å². The van der Waals surface area contributed by atoms with E-state index in [-0.39, 0.29) is 17.9 Å². The molecule has 1 aliphatic heterocycles. The molecule has 1 fully saturated rings. The number of Topliss-reactive ketones (excluding diaryl/α,β-unsaturated/α-hetero) is 1. The van der Waals surface area contributed by atoms with Crippen LogP contribution in [0.25, 0.3) is 0 Å². The maximum atomic E-state index is 13.0. The van der Waals surface area contributed by atoms with Crippen LogP contribution in [-0.4, -0.2) is 30.3 Å². The second-order valence-corrected chi connectivity index (χ2v) is 5.01. The van der Waals surface area contributed by atoms with E-state index in [1.54, 1.807) is 0 Å². The smallest absolute Gasteiger partial charge is 0.176 e. The van der Waals surface area contributed by atoms with E-state index in [0.29, 0.717) is 5.92 Å². The van der Waals surface area contributed by atoms with Crippen molar-refractivity contribution in [2.24, 2.45) is 5.92 Å². The van der Waals surface area contributed by atoms with E-state index < -0.39 is 11.6 Å². The molecule has 18 heavy (non-hydrogen) atoms. The van der Waals surface area contributed by atoms with Crippen molar-refractivity contribution in [3.05, 3.63) is 35.4 Å².